The molecular formula is C15H21BrN2O. The smallest absolute Gasteiger partial charge is 0.123 e. The van der Waals surface area contributed by atoms with E-state index >= 15 is 0 Å². The minimum absolute atomic E-state index is 0.541. The Bertz CT molecular complexity index is 457. The van der Waals surface area contributed by atoms with Crippen LogP contribution in [-0.2, 0) is 6.54 Å². The van der Waals surface area contributed by atoms with Crippen LogP contribution in [-0.4, -0.2) is 38.2 Å². The summed E-state index contributed by atoms with van der Waals surface area (Å²) < 4.78 is 6.59. The highest BCUT2D eigenvalue weighted by Crippen LogP contribution is 2.37. The molecule has 4 heteroatoms. The van der Waals surface area contributed by atoms with Gasteiger partial charge in [-0.05, 0) is 49.5 Å². The van der Waals surface area contributed by atoms with Gasteiger partial charge in [0.05, 0.1) is 7.11 Å². The number of halogens is 1. The molecule has 2 fully saturated rings. The van der Waals surface area contributed by atoms with Crippen LogP contribution in [0.15, 0.2) is 22.7 Å². The van der Waals surface area contributed by atoms with Crippen molar-refractivity contribution in [2.45, 2.75) is 19.4 Å². The van der Waals surface area contributed by atoms with Gasteiger partial charge in [0.2, 0.25) is 0 Å². The molecule has 0 radical (unpaired) electrons. The van der Waals surface area contributed by atoms with Gasteiger partial charge in [-0.1, -0.05) is 15.9 Å². The van der Waals surface area contributed by atoms with Crippen LogP contribution in [0.1, 0.15) is 18.4 Å². The molecule has 3 rings (SSSR count). The number of hydrogen-bond acceptors (Lipinski definition) is 3. The van der Waals surface area contributed by atoms with Crippen molar-refractivity contribution >= 4 is 15.9 Å². The highest BCUT2D eigenvalue weighted by atomic mass is 79.9. The van der Waals surface area contributed by atoms with E-state index in [2.05, 4.69) is 32.2 Å². The molecular weight excluding hydrogens is 304 g/mol. The molecule has 0 bridgehead atoms. The van der Waals surface area contributed by atoms with Gasteiger partial charge in [-0.3, -0.25) is 4.90 Å². The molecule has 0 aliphatic carbocycles. The maximum absolute atomic E-state index is 5.47. The van der Waals surface area contributed by atoms with Crippen LogP contribution < -0.4 is 10.1 Å². The highest BCUT2D eigenvalue weighted by molar-refractivity contribution is 9.10. The lowest BCUT2D eigenvalue weighted by Gasteiger charge is -2.23. The molecule has 1 spiro atoms. The van der Waals surface area contributed by atoms with Crippen molar-refractivity contribution in [1.82, 2.24) is 10.2 Å². The second-order valence-corrected chi connectivity index (χ2v) is 6.76. The largest absolute Gasteiger partial charge is 0.496 e. The number of rotatable bonds is 3. The number of nitrogens with one attached hydrogen (secondary N) is 1. The minimum Gasteiger partial charge on any atom is -0.496 e. The SMILES string of the molecule is COc1ccc(Br)cc1CN1CCC2(CCNC2)C1. The van der Waals surface area contributed by atoms with E-state index in [0.29, 0.717) is 5.41 Å². The lowest BCUT2D eigenvalue weighted by molar-refractivity contribution is 0.265. The van der Waals surface area contributed by atoms with Gasteiger partial charge in [0.25, 0.3) is 0 Å². The molecule has 1 atom stereocenters. The number of likely N-dealkylation sites (tertiary alicyclic amines) is 1. The third-order valence-corrected chi connectivity index (χ3v) is 4.98. The standard InChI is InChI=1S/C15H21BrN2O/c1-19-14-3-2-13(16)8-12(14)9-18-7-5-15(11-18)4-6-17-10-15/h2-3,8,17H,4-7,9-11H2,1H3. The quantitative estimate of drug-likeness (QED) is 0.925. The molecule has 2 aliphatic rings. The van der Waals surface area contributed by atoms with Gasteiger partial charge in [0, 0.05) is 29.7 Å². The fourth-order valence-corrected chi connectivity index (χ4v) is 3.83. The molecule has 1 aromatic carbocycles. The monoisotopic (exact) mass is 324 g/mol. The second-order valence-electron chi connectivity index (χ2n) is 5.84. The molecule has 0 saturated carbocycles. The number of hydrogen-bond donors (Lipinski definition) is 1. The Morgan fingerprint density at radius 2 is 2.32 bits per heavy atom. The van der Waals surface area contributed by atoms with Gasteiger partial charge in [0.1, 0.15) is 5.75 Å². The van der Waals surface area contributed by atoms with Crippen molar-refractivity contribution in [3.05, 3.63) is 28.2 Å². The van der Waals surface area contributed by atoms with Gasteiger partial charge >= 0.3 is 0 Å². The third-order valence-electron chi connectivity index (χ3n) is 4.49. The first kappa shape index (κ1) is 13.4. The molecule has 1 unspecified atom stereocenters. The predicted octanol–water partition coefficient (Wildman–Crippen LogP) is 2.64. The molecule has 1 aromatic rings. The zero-order valence-corrected chi connectivity index (χ0v) is 13.0. The van der Waals surface area contributed by atoms with Crippen LogP contribution in [0.25, 0.3) is 0 Å². The lowest BCUT2D eigenvalue weighted by atomic mass is 9.86. The van der Waals surface area contributed by atoms with Crippen molar-refractivity contribution in [3.8, 4) is 5.75 Å². The number of nitrogens with zero attached hydrogens (tertiary/aromatic N) is 1. The van der Waals surface area contributed by atoms with Crippen LogP contribution in [0.3, 0.4) is 0 Å². The van der Waals surface area contributed by atoms with Crippen molar-refractivity contribution in [3.63, 3.8) is 0 Å². The maximum Gasteiger partial charge on any atom is 0.123 e. The average molecular weight is 325 g/mol. The summed E-state index contributed by atoms with van der Waals surface area (Å²) in [5, 5.41) is 3.51. The molecule has 19 heavy (non-hydrogen) atoms. The summed E-state index contributed by atoms with van der Waals surface area (Å²) in [7, 11) is 1.75. The molecule has 2 heterocycles. The van der Waals surface area contributed by atoms with Crippen LogP contribution in [0.2, 0.25) is 0 Å². The van der Waals surface area contributed by atoms with E-state index in [-0.39, 0.29) is 0 Å². The van der Waals surface area contributed by atoms with Gasteiger partial charge in [-0.15, -0.1) is 0 Å². The van der Waals surface area contributed by atoms with Crippen LogP contribution in [0.5, 0.6) is 5.75 Å². The van der Waals surface area contributed by atoms with Crippen molar-refractivity contribution in [1.29, 1.82) is 0 Å². The molecule has 2 saturated heterocycles. The van der Waals surface area contributed by atoms with E-state index in [9.17, 15) is 0 Å². The van der Waals surface area contributed by atoms with Gasteiger partial charge in [-0.2, -0.15) is 0 Å². The van der Waals surface area contributed by atoms with Gasteiger partial charge < -0.3 is 10.1 Å². The lowest BCUT2D eigenvalue weighted by Crippen LogP contribution is -2.29. The molecule has 3 nitrogen and oxygen atoms in total. The van der Waals surface area contributed by atoms with E-state index in [1.807, 2.05) is 12.1 Å². The summed E-state index contributed by atoms with van der Waals surface area (Å²) in [6, 6.07) is 6.26. The van der Waals surface area contributed by atoms with E-state index < -0.39 is 0 Å². The minimum atomic E-state index is 0.541. The van der Waals surface area contributed by atoms with Crippen LogP contribution in [0.4, 0.5) is 0 Å². The first-order valence-electron chi connectivity index (χ1n) is 6.96. The molecule has 0 amide bonds. The Hall–Kier alpha value is -0.580. The second kappa shape index (κ2) is 5.43. The third kappa shape index (κ3) is 2.81. The zero-order chi connectivity index (χ0) is 13.3. The van der Waals surface area contributed by atoms with Crippen molar-refractivity contribution in [2.24, 2.45) is 5.41 Å². The molecule has 1 N–H and O–H groups in total. The van der Waals surface area contributed by atoms with Crippen LogP contribution in [0, 0.1) is 5.41 Å². The Balaban J connectivity index is 1.70. The Labute approximate surface area is 123 Å². The zero-order valence-electron chi connectivity index (χ0n) is 11.4. The summed E-state index contributed by atoms with van der Waals surface area (Å²) in [6.45, 7) is 5.80. The first-order valence-corrected chi connectivity index (χ1v) is 7.76. The maximum atomic E-state index is 5.47. The normalized spacial score (nSPS) is 27.3. The Morgan fingerprint density at radius 3 is 3.05 bits per heavy atom. The van der Waals surface area contributed by atoms with E-state index in [1.165, 1.54) is 44.6 Å². The van der Waals surface area contributed by atoms with E-state index in [0.717, 1.165) is 16.8 Å². The Morgan fingerprint density at radius 1 is 1.42 bits per heavy atom. The van der Waals surface area contributed by atoms with Crippen molar-refractivity contribution in [2.75, 3.05) is 33.3 Å². The Kier molecular flexibility index (Phi) is 3.83. The number of benzene rings is 1. The number of ether oxygens (including phenoxy) is 1. The molecule has 0 aromatic heterocycles. The average Bonchev–Trinajstić information content (AvgIpc) is 3.01. The van der Waals surface area contributed by atoms with Gasteiger partial charge in [-0.25, -0.2) is 0 Å². The van der Waals surface area contributed by atoms with Gasteiger partial charge in [0.15, 0.2) is 0 Å². The summed E-state index contributed by atoms with van der Waals surface area (Å²) in [4.78, 5) is 2.57. The van der Waals surface area contributed by atoms with Crippen molar-refractivity contribution < 1.29 is 4.74 Å². The highest BCUT2D eigenvalue weighted by Gasteiger charge is 2.40. The topological polar surface area (TPSA) is 24.5 Å². The van der Waals surface area contributed by atoms with E-state index in [4.69, 9.17) is 4.74 Å². The van der Waals surface area contributed by atoms with E-state index in [1.54, 1.807) is 7.11 Å². The number of methoxy groups -OCH3 is 1. The summed E-state index contributed by atoms with van der Waals surface area (Å²) in [6.07, 6.45) is 2.66. The summed E-state index contributed by atoms with van der Waals surface area (Å²) >= 11 is 3.55. The fourth-order valence-electron chi connectivity index (χ4n) is 3.42. The summed E-state index contributed by atoms with van der Waals surface area (Å²) in [5.74, 6) is 0.994. The van der Waals surface area contributed by atoms with Crippen LogP contribution >= 0.6 is 15.9 Å². The molecule has 104 valence electrons. The fraction of sp³-hybridized carbons (Fsp3) is 0.600. The molecule has 2 aliphatic heterocycles. The predicted molar refractivity (Wildman–Crippen MR) is 80.5 cm³/mol. The first-order chi connectivity index (χ1) is 9.21. The summed E-state index contributed by atoms with van der Waals surface area (Å²) in [5.41, 5.74) is 1.82.